The number of hydrogen-bond donors (Lipinski definition) is 1. The molecule has 15 heavy (non-hydrogen) atoms. The van der Waals surface area contributed by atoms with E-state index in [2.05, 4.69) is 15.5 Å². The number of aromatic nitrogens is 2. The molecule has 2 rings (SSSR count). The Kier molecular flexibility index (Phi) is 3.87. The van der Waals surface area contributed by atoms with Gasteiger partial charge in [0.05, 0.1) is 13.2 Å². The van der Waals surface area contributed by atoms with Gasteiger partial charge in [-0.15, -0.1) is 10.2 Å². The van der Waals surface area contributed by atoms with Crippen LogP contribution in [0.4, 0.5) is 5.13 Å². The monoisotopic (exact) mass is 229 g/mol. The van der Waals surface area contributed by atoms with Crippen LogP contribution in [-0.4, -0.2) is 43.7 Å². The zero-order valence-electron chi connectivity index (χ0n) is 8.73. The van der Waals surface area contributed by atoms with Gasteiger partial charge in [-0.05, 0) is 6.42 Å². The molecule has 0 amide bonds. The van der Waals surface area contributed by atoms with Crippen molar-refractivity contribution in [1.82, 2.24) is 10.2 Å². The van der Waals surface area contributed by atoms with Gasteiger partial charge in [0, 0.05) is 26.2 Å². The van der Waals surface area contributed by atoms with E-state index in [0.717, 1.165) is 36.3 Å². The molecule has 0 unspecified atom stereocenters. The molecule has 1 aromatic rings. The van der Waals surface area contributed by atoms with Crippen LogP contribution in [0.5, 0.6) is 0 Å². The fourth-order valence-electron chi connectivity index (χ4n) is 1.46. The molecule has 0 bridgehead atoms. The summed E-state index contributed by atoms with van der Waals surface area (Å²) >= 11 is 1.61. The molecule has 0 aromatic carbocycles. The first-order valence-corrected chi connectivity index (χ1v) is 5.85. The Morgan fingerprint density at radius 1 is 1.60 bits per heavy atom. The molecule has 1 aromatic heterocycles. The second kappa shape index (κ2) is 5.39. The third-order valence-corrected chi connectivity index (χ3v) is 3.35. The van der Waals surface area contributed by atoms with Gasteiger partial charge >= 0.3 is 0 Å². The highest BCUT2D eigenvalue weighted by atomic mass is 32.1. The smallest absolute Gasteiger partial charge is 0.205 e. The van der Waals surface area contributed by atoms with Crippen molar-refractivity contribution in [1.29, 1.82) is 0 Å². The average molecular weight is 229 g/mol. The van der Waals surface area contributed by atoms with Crippen molar-refractivity contribution in [3.05, 3.63) is 5.01 Å². The highest BCUT2D eigenvalue weighted by Crippen LogP contribution is 2.29. The van der Waals surface area contributed by atoms with E-state index in [1.165, 1.54) is 0 Å². The third-order valence-electron chi connectivity index (χ3n) is 2.30. The van der Waals surface area contributed by atoms with Crippen molar-refractivity contribution < 1.29 is 9.47 Å². The van der Waals surface area contributed by atoms with Crippen LogP contribution in [0.15, 0.2) is 0 Å². The van der Waals surface area contributed by atoms with Crippen LogP contribution in [0, 0.1) is 0 Å². The standard InChI is InChI=1S/C9H15N3O2S/c1-13-5-3-10-9-12-11-8(15-9)7-2-4-14-6-7/h7H,2-6H2,1H3,(H,10,12)/t7-/m0/s1. The number of methoxy groups -OCH3 is 1. The summed E-state index contributed by atoms with van der Waals surface area (Å²) in [5, 5.41) is 13.4. The van der Waals surface area contributed by atoms with Crippen LogP contribution < -0.4 is 5.32 Å². The first-order valence-electron chi connectivity index (χ1n) is 5.04. The van der Waals surface area contributed by atoms with Crippen LogP contribution in [0.25, 0.3) is 0 Å². The summed E-state index contributed by atoms with van der Waals surface area (Å²) in [5.41, 5.74) is 0. The Labute approximate surface area is 92.8 Å². The molecule has 1 fully saturated rings. The molecule has 5 nitrogen and oxygen atoms in total. The van der Waals surface area contributed by atoms with E-state index in [1.54, 1.807) is 18.4 Å². The van der Waals surface area contributed by atoms with Gasteiger partial charge in [0.15, 0.2) is 0 Å². The summed E-state index contributed by atoms with van der Waals surface area (Å²) in [4.78, 5) is 0. The summed E-state index contributed by atoms with van der Waals surface area (Å²) in [6, 6.07) is 0. The summed E-state index contributed by atoms with van der Waals surface area (Å²) < 4.78 is 10.3. The SMILES string of the molecule is COCCNc1nnc([C@H]2CCOC2)s1. The van der Waals surface area contributed by atoms with Crippen molar-refractivity contribution in [3.63, 3.8) is 0 Å². The van der Waals surface area contributed by atoms with Crippen LogP contribution in [0.1, 0.15) is 17.3 Å². The molecule has 1 N–H and O–H groups in total. The van der Waals surface area contributed by atoms with Crippen LogP contribution in [0.3, 0.4) is 0 Å². The fourth-order valence-corrected chi connectivity index (χ4v) is 2.35. The van der Waals surface area contributed by atoms with Crippen molar-refractivity contribution >= 4 is 16.5 Å². The zero-order valence-corrected chi connectivity index (χ0v) is 9.55. The van der Waals surface area contributed by atoms with E-state index in [0.29, 0.717) is 12.5 Å². The van der Waals surface area contributed by atoms with Gasteiger partial charge in [-0.3, -0.25) is 0 Å². The van der Waals surface area contributed by atoms with Gasteiger partial charge < -0.3 is 14.8 Å². The molecule has 84 valence electrons. The third kappa shape index (κ3) is 2.87. The van der Waals surface area contributed by atoms with E-state index < -0.39 is 0 Å². The molecule has 0 radical (unpaired) electrons. The van der Waals surface area contributed by atoms with Crippen LogP contribution >= 0.6 is 11.3 Å². The Balaban J connectivity index is 1.86. The highest BCUT2D eigenvalue weighted by molar-refractivity contribution is 7.15. The lowest BCUT2D eigenvalue weighted by Gasteiger charge is -2.00. The number of nitrogens with zero attached hydrogens (tertiary/aromatic N) is 2. The Hall–Kier alpha value is -0.720. The number of anilines is 1. The lowest BCUT2D eigenvalue weighted by Crippen LogP contribution is -2.06. The molecule has 1 aliphatic rings. The largest absolute Gasteiger partial charge is 0.383 e. The molecule has 6 heteroatoms. The van der Waals surface area contributed by atoms with E-state index in [9.17, 15) is 0 Å². The predicted octanol–water partition coefficient (Wildman–Crippen LogP) is 1.10. The van der Waals surface area contributed by atoms with Gasteiger partial charge in [0.2, 0.25) is 5.13 Å². The molecule has 2 heterocycles. The van der Waals surface area contributed by atoms with Gasteiger partial charge in [-0.2, -0.15) is 0 Å². The number of nitrogens with one attached hydrogen (secondary N) is 1. The van der Waals surface area contributed by atoms with E-state index in [-0.39, 0.29) is 0 Å². The fraction of sp³-hybridized carbons (Fsp3) is 0.778. The Bertz CT molecular complexity index is 299. The van der Waals surface area contributed by atoms with Gasteiger partial charge in [0.25, 0.3) is 0 Å². The minimum atomic E-state index is 0.445. The predicted molar refractivity (Wildman–Crippen MR) is 58.5 cm³/mol. The van der Waals surface area contributed by atoms with E-state index in [1.807, 2.05) is 0 Å². The van der Waals surface area contributed by atoms with Crippen LogP contribution in [-0.2, 0) is 9.47 Å². The molecule has 0 saturated carbocycles. The summed E-state index contributed by atoms with van der Waals surface area (Å²) in [5.74, 6) is 0.445. The highest BCUT2D eigenvalue weighted by Gasteiger charge is 2.21. The summed E-state index contributed by atoms with van der Waals surface area (Å²) in [6.07, 6.45) is 1.06. The van der Waals surface area contributed by atoms with Gasteiger partial charge in [-0.25, -0.2) is 0 Å². The average Bonchev–Trinajstić information content (AvgIpc) is 2.87. The second-order valence-corrected chi connectivity index (χ2v) is 4.43. The maximum atomic E-state index is 5.32. The van der Waals surface area contributed by atoms with Gasteiger partial charge in [-0.1, -0.05) is 11.3 Å². The van der Waals surface area contributed by atoms with E-state index >= 15 is 0 Å². The first kappa shape index (κ1) is 10.8. The zero-order chi connectivity index (χ0) is 10.5. The van der Waals surface area contributed by atoms with Crippen molar-refractivity contribution in [2.45, 2.75) is 12.3 Å². The molecule has 1 aliphatic heterocycles. The lowest BCUT2D eigenvalue weighted by molar-refractivity contribution is 0.194. The molecular weight excluding hydrogens is 214 g/mol. The quantitative estimate of drug-likeness (QED) is 0.766. The van der Waals surface area contributed by atoms with Crippen LogP contribution in [0.2, 0.25) is 0 Å². The molecule has 1 saturated heterocycles. The molecule has 0 aliphatic carbocycles. The normalized spacial score (nSPS) is 20.7. The topological polar surface area (TPSA) is 56.3 Å². The van der Waals surface area contributed by atoms with Crippen molar-refractivity contribution in [2.75, 3.05) is 38.8 Å². The van der Waals surface area contributed by atoms with E-state index in [4.69, 9.17) is 9.47 Å². The number of rotatable bonds is 5. The number of hydrogen-bond acceptors (Lipinski definition) is 6. The number of ether oxygens (including phenoxy) is 2. The minimum Gasteiger partial charge on any atom is -0.383 e. The second-order valence-electron chi connectivity index (χ2n) is 3.43. The summed E-state index contributed by atoms with van der Waals surface area (Å²) in [6.45, 7) is 3.08. The Morgan fingerprint density at radius 2 is 2.53 bits per heavy atom. The molecule has 0 spiro atoms. The Morgan fingerprint density at radius 3 is 3.27 bits per heavy atom. The van der Waals surface area contributed by atoms with Crippen molar-refractivity contribution in [2.24, 2.45) is 0 Å². The maximum Gasteiger partial charge on any atom is 0.205 e. The lowest BCUT2D eigenvalue weighted by atomic mass is 10.1. The van der Waals surface area contributed by atoms with Gasteiger partial charge in [0.1, 0.15) is 5.01 Å². The molecule has 1 atom stereocenters. The maximum absolute atomic E-state index is 5.32. The minimum absolute atomic E-state index is 0.445. The first-order chi connectivity index (χ1) is 7.40. The van der Waals surface area contributed by atoms with Crippen molar-refractivity contribution in [3.8, 4) is 0 Å². The summed E-state index contributed by atoms with van der Waals surface area (Å²) in [7, 11) is 1.68. The molecular formula is C9H15N3O2S.